The summed E-state index contributed by atoms with van der Waals surface area (Å²) in [6.07, 6.45) is 15.1. The smallest absolute Gasteiger partial charge is 0.119 e. The van der Waals surface area contributed by atoms with Crippen LogP contribution in [0, 0.1) is 17.2 Å². The van der Waals surface area contributed by atoms with Crippen LogP contribution in [-0.4, -0.2) is 6.61 Å². The Labute approximate surface area is 154 Å². The Bertz CT molecular complexity index is 494. The lowest BCUT2D eigenvalue weighted by molar-refractivity contribution is 0.304. The zero-order valence-corrected chi connectivity index (χ0v) is 16.0. The molecule has 1 saturated carbocycles. The van der Waals surface area contributed by atoms with E-state index in [4.69, 9.17) is 10.00 Å². The quantitative estimate of drug-likeness (QED) is 0.406. The summed E-state index contributed by atoms with van der Waals surface area (Å²) in [5, 5.41) is 9.00. The molecule has 0 bridgehead atoms. The van der Waals surface area contributed by atoms with Gasteiger partial charge in [-0.1, -0.05) is 64.0 Å². The van der Waals surface area contributed by atoms with Crippen LogP contribution in [0.1, 0.15) is 95.5 Å². The van der Waals surface area contributed by atoms with Crippen LogP contribution in [-0.2, 0) is 0 Å². The van der Waals surface area contributed by atoms with E-state index in [1.54, 1.807) is 0 Å². The van der Waals surface area contributed by atoms with Gasteiger partial charge in [0.1, 0.15) is 5.75 Å². The number of hydrogen-bond donors (Lipinski definition) is 0. The molecule has 2 rings (SSSR count). The Kier molecular flexibility index (Phi) is 9.49. The molecular formula is C23H35NO. The third-order valence-corrected chi connectivity index (χ3v) is 5.53. The van der Waals surface area contributed by atoms with E-state index < -0.39 is 0 Å². The van der Waals surface area contributed by atoms with E-state index in [-0.39, 0.29) is 5.92 Å². The molecule has 0 aliphatic heterocycles. The summed E-state index contributed by atoms with van der Waals surface area (Å²) in [7, 11) is 0. The highest BCUT2D eigenvalue weighted by Gasteiger charge is 2.21. The topological polar surface area (TPSA) is 33.0 Å². The van der Waals surface area contributed by atoms with E-state index >= 15 is 0 Å². The minimum atomic E-state index is 0.283. The van der Waals surface area contributed by atoms with Gasteiger partial charge in [-0.25, -0.2) is 0 Å². The first-order chi connectivity index (χ1) is 12.3. The highest BCUT2D eigenvalue weighted by atomic mass is 16.5. The van der Waals surface area contributed by atoms with Crippen LogP contribution in [0.15, 0.2) is 24.3 Å². The van der Waals surface area contributed by atoms with Gasteiger partial charge in [0.2, 0.25) is 0 Å². The zero-order chi connectivity index (χ0) is 17.7. The van der Waals surface area contributed by atoms with Crippen LogP contribution in [0.2, 0.25) is 0 Å². The number of unbranched alkanes of at least 4 members (excludes halogenated alkanes) is 7. The molecule has 0 aromatic heterocycles. The van der Waals surface area contributed by atoms with Gasteiger partial charge in [-0.2, -0.15) is 5.26 Å². The molecule has 2 nitrogen and oxygen atoms in total. The van der Waals surface area contributed by atoms with Crippen molar-refractivity contribution in [1.82, 2.24) is 0 Å². The van der Waals surface area contributed by atoms with Gasteiger partial charge in [0.15, 0.2) is 0 Å². The summed E-state index contributed by atoms with van der Waals surface area (Å²) in [5.74, 6) is 1.91. The van der Waals surface area contributed by atoms with Crippen molar-refractivity contribution in [2.75, 3.05) is 6.61 Å². The maximum absolute atomic E-state index is 9.00. The molecule has 138 valence electrons. The van der Waals surface area contributed by atoms with E-state index in [1.165, 1.54) is 50.5 Å². The number of ether oxygens (including phenoxy) is 1. The normalized spacial score (nSPS) is 20.2. The van der Waals surface area contributed by atoms with Crippen LogP contribution < -0.4 is 4.74 Å². The van der Waals surface area contributed by atoms with Gasteiger partial charge in [-0.3, -0.25) is 0 Å². The third kappa shape index (κ3) is 7.51. The molecule has 2 heteroatoms. The Morgan fingerprint density at radius 1 is 0.880 bits per heavy atom. The van der Waals surface area contributed by atoms with Crippen LogP contribution in [0.5, 0.6) is 5.75 Å². The van der Waals surface area contributed by atoms with Crippen molar-refractivity contribution < 1.29 is 4.74 Å². The first-order valence-electron chi connectivity index (χ1n) is 10.5. The van der Waals surface area contributed by atoms with Gasteiger partial charge in [0.05, 0.1) is 12.7 Å². The Balaban J connectivity index is 1.57. The average molecular weight is 342 g/mol. The standard InChI is InChI=1S/C23H35NO/c1-2-3-4-5-6-7-8-9-18-25-23-16-14-22(15-17-23)21-12-10-20(19-24)11-13-21/h14-17,20-21H,2-13,18H2,1H3. The minimum absolute atomic E-state index is 0.283. The predicted molar refractivity (Wildman–Crippen MR) is 105 cm³/mol. The molecule has 25 heavy (non-hydrogen) atoms. The van der Waals surface area contributed by atoms with Gasteiger partial charge in [-0.15, -0.1) is 0 Å². The predicted octanol–water partition coefficient (Wildman–Crippen LogP) is 7.00. The van der Waals surface area contributed by atoms with Crippen molar-refractivity contribution in [2.45, 2.75) is 89.9 Å². The second-order valence-electron chi connectivity index (χ2n) is 7.57. The molecule has 1 aromatic carbocycles. The lowest BCUT2D eigenvalue weighted by Gasteiger charge is -2.25. The van der Waals surface area contributed by atoms with E-state index in [0.29, 0.717) is 5.92 Å². The number of hydrogen-bond acceptors (Lipinski definition) is 2. The average Bonchev–Trinajstić information content (AvgIpc) is 2.67. The summed E-state index contributed by atoms with van der Waals surface area (Å²) >= 11 is 0. The Morgan fingerprint density at radius 2 is 1.48 bits per heavy atom. The summed E-state index contributed by atoms with van der Waals surface area (Å²) in [5.41, 5.74) is 1.41. The van der Waals surface area contributed by atoms with Crippen molar-refractivity contribution in [3.8, 4) is 11.8 Å². The van der Waals surface area contributed by atoms with Gasteiger partial charge >= 0.3 is 0 Å². The molecule has 0 heterocycles. The van der Waals surface area contributed by atoms with Crippen molar-refractivity contribution in [3.05, 3.63) is 29.8 Å². The summed E-state index contributed by atoms with van der Waals surface area (Å²) < 4.78 is 5.88. The fourth-order valence-corrected chi connectivity index (χ4v) is 3.82. The Hall–Kier alpha value is -1.49. The van der Waals surface area contributed by atoms with Crippen LogP contribution in [0.4, 0.5) is 0 Å². The molecule has 1 fully saturated rings. The molecule has 0 atom stereocenters. The molecular weight excluding hydrogens is 306 g/mol. The van der Waals surface area contributed by atoms with Crippen molar-refractivity contribution in [3.63, 3.8) is 0 Å². The molecule has 0 unspecified atom stereocenters. The molecule has 0 spiro atoms. The fourth-order valence-electron chi connectivity index (χ4n) is 3.82. The van der Waals surface area contributed by atoms with Crippen molar-refractivity contribution >= 4 is 0 Å². The minimum Gasteiger partial charge on any atom is -0.494 e. The number of nitriles is 1. The van der Waals surface area contributed by atoms with Crippen molar-refractivity contribution in [2.24, 2.45) is 5.92 Å². The first-order valence-corrected chi connectivity index (χ1v) is 10.5. The van der Waals surface area contributed by atoms with E-state index in [2.05, 4.69) is 37.3 Å². The van der Waals surface area contributed by atoms with Gasteiger partial charge in [0.25, 0.3) is 0 Å². The lowest BCUT2D eigenvalue weighted by atomic mass is 9.79. The molecule has 1 aromatic rings. The van der Waals surface area contributed by atoms with Crippen LogP contribution >= 0.6 is 0 Å². The molecule has 1 aliphatic carbocycles. The largest absolute Gasteiger partial charge is 0.494 e. The van der Waals surface area contributed by atoms with E-state index in [1.807, 2.05) is 0 Å². The van der Waals surface area contributed by atoms with Crippen molar-refractivity contribution in [1.29, 1.82) is 5.26 Å². The molecule has 0 N–H and O–H groups in total. The molecule has 0 amide bonds. The molecule has 0 saturated heterocycles. The van der Waals surface area contributed by atoms with Crippen LogP contribution in [0.25, 0.3) is 0 Å². The second kappa shape index (κ2) is 12.0. The second-order valence-corrected chi connectivity index (χ2v) is 7.57. The first kappa shape index (κ1) is 19.8. The van der Waals surface area contributed by atoms with Gasteiger partial charge in [0, 0.05) is 5.92 Å². The van der Waals surface area contributed by atoms with Crippen LogP contribution in [0.3, 0.4) is 0 Å². The zero-order valence-electron chi connectivity index (χ0n) is 16.0. The number of benzene rings is 1. The maximum atomic E-state index is 9.00. The highest BCUT2D eigenvalue weighted by molar-refractivity contribution is 5.29. The van der Waals surface area contributed by atoms with Gasteiger partial charge in [-0.05, 0) is 55.7 Å². The summed E-state index contributed by atoms with van der Waals surface area (Å²) in [4.78, 5) is 0. The lowest BCUT2D eigenvalue weighted by Crippen LogP contribution is -2.11. The van der Waals surface area contributed by atoms with E-state index in [9.17, 15) is 0 Å². The number of rotatable bonds is 11. The molecule has 1 aliphatic rings. The summed E-state index contributed by atoms with van der Waals surface area (Å²) in [6, 6.07) is 11.1. The fraction of sp³-hybridized carbons (Fsp3) is 0.696. The molecule has 0 radical (unpaired) electrons. The highest BCUT2D eigenvalue weighted by Crippen LogP contribution is 2.35. The maximum Gasteiger partial charge on any atom is 0.119 e. The third-order valence-electron chi connectivity index (χ3n) is 5.53. The number of nitrogens with zero attached hydrogens (tertiary/aromatic N) is 1. The summed E-state index contributed by atoms with van der Waals surface area (Å²) in [6.45, 7) is 3.10. The monoisotopic (exact) mass is 341 g/mol. The van der Waals surface area contributed by atoms with E-state index in [0.717, 1.165) is 44.5 Å². The van der Waals surface area contributed by atoms with Gasteiger partial charge < -0.3 is 4.74 Å². The SMILES string of the molecule is CCCCCCCCCCOc1ccc(C2CCC(C#N)CC2)cc1. The Morgan fingerprint density at radius 3 is 2.08 bits per heavy atom.